The molecule has 0 heterocycles. The van der Waals surface area contributed by atoms with E-state index in [4.69, 9.17) is 5.73 Å². The number of hydrogen-bond donors (Lipinski definition) is 2. The molecule has 2 rings (SSSR count). The minimum atomic E-state index is -0.367. The second-order valence-electron chi connectivity index (χ2n) is 4.58. The Bertz CT molecular complexity index is 599. The molecule has 0 bridgehead atoms. The molecule has 0 aliphatic carbocycles. The molecule has 0 saturated carbocycles. The molecule has 0 spiro atoms. The molecule has 0 aliphatic heterocycles. The van der Waals surface area contributed by atoms with Gasteiger partial charge in [-0.15, -0.1) is 0 Å². The molecule has 0 aromatic heterocycles. The Hall–Kier alpha value is -2.56. The molecule has 0 atom stereocenters. The van der Waals surface area contributed by atoms with Gasteiger partial charge in [0.2, 0.25) is 0 Å². The first kappa shape index (κ1) is 13.9. The fourth-order valence-corrected chi connectivity index (χ4v) is 2.00. The first-order chi connectivity index (χ1) is 9.65. The molecular formula is C15H17N3O2. The van der Waals surface area contributed by atoms with Crippen LogP contribution in [0.15, 0.2) is 48.5 Å². The molecule has 2 aromatic rings. The molecule has 0 unspecified atom stereocenters. The van der Waals surface area contributed by atoms with Crippen LogP contribution in [0.1, 0.15) is 12.0 Å². The van der Waals surface area contributed by atoms with Gasteiger partial charge in [-0.05, 0) is 36.6 Å². The Morgan fingerprint density at radius 2 is 1.95 bits per heavy atom. The van der Waals surface area contributed by atoms with E-state index < -0.39 is 0 Å². The average Bonchev–Trinajstić information content (AvgIpc) is 2.44. The third-order valence-electron chi connectivity index (χ3n) is 2.98. The first-order valence-corrected chi connectivity index (χ1v) is 6.48. The molecule has 104 valence electrons. The van der Waals surface area contributed by atoms with Crippen molar-refractivity contribution < 1.29 is 4.92 Å². The van der Waals surface area contributed by atoms with Crippen molar-refractivity contribution in [3.8, 4) is 0 Å². The Labute approximate surface area is 117 Å². The molecule has 0 saturated heterocycles. The average molecular weight is 271 g/mol. The summed E-state index contributed by atoms with van der Waals surface area (Å²) in [6.45, 7) is 0.798. The van der Waals surface area contributed by atoms with Crippen LogP contribution in [-0.4, -0.2) is 11.5 Å². The summed E-state index contributed by atoms with van der Waals surface area (Å²) in [6, 6.07) is 14.4. The molecule has 0 fully saturated rings. The lowest BCUT2D eigenvalue weighted by atomic mass is 10.1. The standard InChI is InChI=1S/C15H17N3O2/c16-13-6-2-7-14(11-13)17-9-3-5-12-4-1-8-15(10-12)18(19)20/h1-2,4,6-8,10-11,17H,3,5,9,16H2. The monoisotopic (exact) mass is 271 g/mol. The number of anilines is 2. The van der Waals surface area contributed by atoms with Crippen molar-refractivity contribution >= 4 is 17.1 Å². The van der Waals surface area contributed by atoms with Crippen LogP contribution in [0, 0.1) is 10.1 Å². The molecule has 2 aromatic carbocycles. The van der Waals surface area contributed by atoms with Crippen molar-refractivity contribution in [1.29, 1.82) is 0 Å². The van der Waals surface area contributed by atoms with Gasteiger partial charge in [0, 0.05) is 30.1 Å². The third-order valence-corrected chi connectivity index (χ3v) is 2.98. The number of nitrogens with two attached hydrogens (primary N) is 1. The Balaban J connectivity index is 1.81. The number of nitrogens with one attached hydrogen (secondary N) is 1. The van der Waals surface area contributed by atoms with E-state index in [2.05, 4.69) is 5.32 Å². The number of aryl methyl sites for hydroxylation is 1. The van der Waals surface area contributed by atoms with Crippen LogP contribution in [0.5, 0.6) is 0 Å². The lowest BCUT2D eigenvalue weighted by Gasteiger charge is -2.07. The molecule has 0 amide bonds. The fraction of sp³-hybridized carbons (Fsp3) is 0.200. The van der Waals surface area contributed by atoms with Crippen molar-refractivity contribution in [2.45, 2.75) is 12.8 Å². The molecule has 3 N–H and O–H groups in total. The van der Waals surface area contributed by atoms with Crippen LogP contribution in [0.3, 0.4) is 0 Å². The van der Waals surface area contributed by atoms with Gasteiger partial charge in [-0.1, -0.05) is 18.2 Å². The summed E-state index contributed by atoms with van der Waals surface area (Å²) in [5, 5.41) is 14.0. The normalized spacial score (nSPS) is 10.2. The van der Waals surface area contributed by atoms with Gasteiger partial charge in [0.05, 0.1) is 4.92 Å². The second kappa shape index (κ2) is 6.56. The van der Waals surface area contributed by atoms with Crippen LogP contribution < -0.4 is 11.1 Å². The van der Waals surface area contributed by atoms with Crippen LogP contribution in [0.25, 0.3) is 0 Å². The number of nitrogen functional groups attached to an aromatic ring is 1. The Kier molecular flexibility index (Phi) is 4.55. The Morgan fingerprint density at radius 1 is 1.15 bits per heavy atom. The topological polar surface area (TPSA) is 81.2 Å². The smallest absolute Gasteiger partial charge is 0.269 e. The van der Waals surface area contributed by atoms with E-state index in [-0.39, 0.29) is 10.6 Å². The third kappa shape index (κ3) is 3.98. The minimum absolute atomic E-state index is 0.145. The molecule has 5 heteroatoms. The summed E-state index contributed by atoms with van der Waals surface area (Å²) >= 11 is 0. The summed E-state index contributed by atoms with van der Waals surface area (Å²) in [7, 11) is 0. The maximum Gasteiger partial charge on any atom is 0.269 e. The molecule has 5 nitrogen and oxygen atoms in total. The minimum Gasteiger partial charge on any atom is -0.399 e. The van der Waals surface area contributed by atoms with Gasteiger partial charge in [0.1, 0.15) is 0 Å². The number of nitro benzene ring substituents is 1. The number of nitrogens with zero attached hydrogens (tertiary/aromatic N) is 1. The van der Waals surface area contributed by atoms with E-state index in [9.17, 15) is 10.1 Å². The van der Waals surface area contributed by atoms with Crippen LogP contribution in [0.2, 0.25) is 0 Å². The number of hydrogen-bond acceptors (Lipinski definition) is 4. The number of rotatable bonds is 6. The number of nitro groups is 1. The van der Waals surface area contributed by atoms with E-state index >= 15 is 0 Å². The van der Waals surface area contributed by atoms with Gasteiger partial charge >= 0.3 is 0 Å². The zero-order valence-corrected chi connectivity index (χ0v) is 11.1. The van der Waals surface area contributed by atoms with Gasteiger partial charge in [-0.3, -0.25) is 10.1 Å². The van der Waals surface area contributed by atoms with Crippen molar-refractivity contribution in [3.63, 3.8) is 0 Å². The van der Waals surface area contributed by atoms with Crippen LogP contribution >= 0.6 is 0 Å². The van der Waals surface area contributed by atoms with Crippen molar-refractivity contribution in [1.82, 2.24) is 0 Å². The van der Waals surface area contributed by atoms with E-state index in [1.54, 1.807) is 12.1 Å². The quantitative estimate of drug-likeness (QED) is 0.366. The van der Waals surface area contributed by atoms with Crippen molar-refractivity contribution in [2.24, 2.45) is 0 Å². The first-order valence-electron chi connectivity index (χ1n) is 6.48. The summed E-state index contributed by atoms with van der Waals surface area (Å²) in [5.74, 6) is 0. The highest BCUT2D eigenvalue weighted by atomic mass is 16.6. The zero-order valence-electron chi connectivity index (χ0n) is 11.1. The van der Waals surface area contributed by atoms with Crippen molar-refractivity contribution in [2.75, 3.05) is 17.6 Å². The zero-order chi connectivity index (χ0) is 14.4. The molecular weight excluding hydrogens is 254 g/mol. The lowest BCUT2D eigenvalue weighted by molar-refractivity contribution is -0.384. The maximum atomic E-state index is 10.7. The summed E-state index contributed by atoms with van der Waals surface area (Å²) < 4.78 is 0. The van der Waals surface area contributed by atoms with E-state index in [0.717, 1.165) is 36.3 Å². The summed E-state index contributed by atoms with van der Waals surface area (Å²) in [6.07, 6.45) is 1.70. The van der Waals surface area contributed by atoms with Crippen LogP contribution in [0.4, 0.5) is 17.1 Å². The van der Waals surface area contributed by atoms with E-state index in [1.807, 2.05) is 30.3 Å². The predicted octanol–water partition coefficient (Wildman–Crippen LogP) is 3.22. The fourth-order valence-electron chi connectivity index (χ4n) is 2.00. The molecule has 0 radical (unpaired) electrons. The van der Waals surface area contributed by atoms with E-state index in [0.29, 0.717) is 0 Å². The van der Waals surface area contributed by atoms with Gasteiger partial charge < -0.3 is 11.1 Å². The Morgan fingerprint density at radius 3 is 2.70 bits per heavy atom. The summed E-state index contributed by atoms with van der Waals surface area (Å²) in [4.78, 5) is 10.3. The predicted molar refractivity (Wildman–Crippen MR) is 80.8 cm³/mol. The second-order valence-corrected chi connectivity index (χ2v) is 4.58. The summed E-state index contributed by atoms with van der Waals surface area (Å²) in [5.41, 5.74) is 8.54. The number of non-ortho nitro benzene ring substituents is 1. The maximum absolute atomic E-state index is 10.7. The highest BCUT2D eigenvalue weighted by molar-refractivity contribution is 5.53. The largest absolute Gasteiger partial charge is 0.399 e. The van der Waals surface area contributed by atoms with E-state index in [1.165, 1.54) is 6.07 Å². The lowest BCUT2D eigenvalue weighted by Crippen LogP contribution is -2.03. The highest BCUT2D eigenvalue weighted by Gasteiger charge is 2.05. The number of benzene rings is 2. The van der Waals surface area contributed by atoms with Crippen LogP contribution in [-0.2, 0) is 6.42 Å². The highest BCUT2D eigenvalue weighted by Crippen LogP contribution is 2.15. The molecule has 20 heavy (non-hydrogen) atoms. The van der Waals surface area contributed by atoms with Gasteiger partial charge in [0.15, 0.2) is 0 Å². The molecule has 0 aliphatic rings. The van der Waals surface area contributed by atoms with Crippen molar-refractivity contribution in [3.05, 3.63) is 64.2 Å². The van der Waals surface area contributed by atoms with Gasteiger partial charge in [0.25, 0.3) is 5.69 Å². The van der Waals surface area contributed by atoms with Gasteiger partial charge in [-0.25, -0.2) is 0 Å². The SMILES string of the molecule is Nc1cccc(NCCCc2cccc([N+](=O)[O-])c2)c1. The van der Waals surface area contributed by atoms with Gasteiger partial charge in [-0.2, -0.15) is 0 Å².